The van der Waals surface area contributed by atoms with E-state index < -0.39 is 31.1 Å². The van der Waals surface area contributed by atoms with Gasteiger partial charge in [-0.1, -0.05) is 29.8 Å². The standard InChI is InChI=1S/C18H20ClN5O5/c19-10-4-2-1-3-9(10)5-6-28-18-22-15(20)12-16(23-18)24(8-21-12)17-14(27)13(26)11(7-25)29-17/h1-4,8,11,13-14,17,25-27H,5-7H2,(H2,20,22,23)/t11-,13-,14-,17?/m0/s1. The van der Waals surface area contributed by atoms with Crippen molar-refractivity contribution in [1.82, 2.24) is 19.5 Å². The van der Waals surface area contributed by atoms with E-state index in [1.54, 1.807) is 6.07 Å². The molecule has 0 aliphatic carbocycles. The molecule has 154 valence electrons. The average molecular weight is 422 g/mol. The van der Waals surface area contributed by atoms with E-state index in [1.165, 1.54) is 10.9 Å². The number of ether oxygens (including phenoxy) is 2. The van der Waals surface area contributed by atoms with Gasteiger partial charge in [-0.25, -0.2) is 4.98 Å². The normalized spacial score (nSPS) is 24.3. The maximum atomic E-state index is 10.3. The van der Waals surface area contributed by atoms with Gasteiger partial charge in [0, 0.05) is 11.4 Å². The summed E-state index contributed by atoms with van der Waals surface area (Å²) in [5.74, 6) is 0.105. The molecule has 0 radical (unpaired) electrons. The first-order valence-corrected chi connectivity index (χ1v) is 9.36. The number of imidazole rings is 1. The van der Waals surface area contributed by atoms with Gasteiger partial charge in [-0.05, 0) is 11.6 Å². The monoisotopic (exact) mass is 421 g/mol. The molecule has 1 unspecified atom stereocenters. The number of nitrogens with two attached hydrogens (primary N) is 1. The Hall–Kier alpha value is -2.50. The summed E-state index contributed by atoms with van der Waals surface area (Å²) in [5, 5.41) is 30.2. The molecular formula is C18H20ClN5O5. The maximum absolute atomic E-state index is 10.3. The smallest absolute Gasteiger partial charge is 0.320 e. The zero-order chi connectivity index (χ0) is 20.5. The fourth-order valence-electron chi connectivity index (χ4n) is 3.23. The molecule has 0 spiro atoms. The highest BCUT2D eigenvalue weighted by Gasteiger charge is 2.44. The number of fused-ring (bicyclic) bond motifs is 1. The minimum atomic E-state index is -1.27. The van der Waals surface area contributed by atoms with E-state index in [9.17, 15) is 15.3 Å². The largest absolute Gasteiger partial charge is 0.463 e. The molecule has 1 aromatic carbocycles. The van der Waals surface area contributed by atoms with Crippen molar-refractivity contribution < 1.29 is 24.8 Å². The summed E-state index contributed by atoms with van der Waals surface area (Å²) in [4.78, 5) is 12.6. The van der Waals surface area contributed by atoms with Crippen molar-refractivity contribution in [3.05, 3.63) is 41.2 Å². The van der Waals surface area contributed by atoms with Gasteiger partial charge in [0.1, 0.15) is 18.3 Å². The summed E-state index contributed by atoms with van der Waals surface area (Å²) in [5.41, 5.74) is 7.49. The van der Waals surface area contributed by atoms with Crippen molar-refractivity contribution in [2.45, 2.75) is 31.0 Å². The number of aliphatic hydroxyl groups is 3. The van der Waals surface area contributed by atoms with Crippen molar-refractivity contribution in [2.75, 3.05) is 18.9 Å². The number of halogens is 1. The molecular weight excluding hydrogens is 402 g/mol. The molecule has 0 amide bonds. The van der Waals surface area contributed by atoms with Crippen molar-refractivity contribution in [3.8, 4) is 6.01 Å². The molecule has 2 aromatic heterocycles. The van der Waals surface area contributed by atoms with Crippen LogP contribution in [-0.4, -0.2) is 66.4 Å². The van der Waals surface area contributed by atoms with E-state index in [0.717, 1.165) is 5.56 Å². The number of nitrogen functional groups attached to an aromatic ring is 1. The summed E-state index contributed by atoms with van der Waals surface area (Å²) in [6.45, 7) is -0.161. The molecule has 0 saturated carbocycles. The Labute approximate surface area is 170 Å². The fraction of sp³-hybridized carbons (Fsp3) is 0.389. The number of benzene rings is 1. The molecule has 1 aliphatic heterocycles. The first-order valence-electron chi connectivity index (χ1n) is 8.98. The van der Waals surface area contributed by atoms with Crippen LogP contribution in [0.25, 0.3) is 11.2 Å². The highest BCUT2D eigenvalue weighted by molar-refractivity contribution is 6.31. The summed E-state index contributed by atoms with van der Waals surface area (Å²) < 4.78 is 12.6. The Kier molecular flexibility index (Phi) is 5.52. The minimum absolute atomic E-state index is 0.0375. The van der Waals surface area contributed by atoms with Gasteiger partial charge in [-0.3, -0.25) is 4.57 Å². The first kappa shape index (κ1) is 19.8. The van der Waals surface area contributed by atoms with Crippen LogP contribution in [0.3, 0.4) is 0 Å². The van der Waals surface area contributed by atoms with Crippen LogP contribution in [0.15, 0.2) is 30.6 Å². The SMILES string of the molecule is Nc1nc(OCCc2ccccc2Cl)nc2c1ncn2C1O[C@@H](CO)[C@H](O)[C@@H]1O. The molecule has 4 rings (SSSR count). The van der Waals surface area contributed by atoms with Crippen LogP contribution in [0, 0.1) is 0 Å². The predicted octanol–water partition coefficient (Wildman–Crippen LogP) is 0.295. The first-order chi connectivity index (χ1) is 14.0. The zero-order valence-electron chi connectivity index (χ0n) is 15.2. The molecule has 3 aromatic rings. The highest BCUT2D eigenvalue weighted by Crippen LogP contribution is 2.32. The van der Waals surface area contributed by atoms with Gasteiger partial charge in [-0.15, -0.1) is 0 Å². The molecule has 5 N–H and O–H groups in total. The number of aliphatic hydroxyl groups excluding tert-OH is 3. The second-order valence-electron chi connectivity index (χ2n) is 6.63. The van der Waals surface area contributed by atoms with E-state index in [4.69, 9.17) is 26.8 Å². The Morgan fingerprint density at radius 1 is 1.21 bits per heavy atom. The lowest BCUT2D eigenvalue weighted by Gasteiger charge is -2.16. The number of hydrogen-bond donors (Lipinski definition) is 4. The summed E-state index contributed by atoms with van der Waals surface area (Å²) in [7, 11) is 0. The summed E-state index contributed by atoms with van der Waals surface area (Å²) >= 11 is 6.14. The van der Waals surface area contributed by atoms with E-state index in [-0.39, 0.29) is 24.1 Å². The van der Waals surface area contributed by atoms with Gasteiger partial charge in [0.05, 0.1) is 19.5 Å². The number of hydrogen-bond acceptors (Lipinski definition) is 9. The fourth-order valence-corrected chi connectivity index (χ4v) is 3.46. The Bertz CT molecular complexity index is 1020. The van der Waals surface area contributed by atoms with Gasteiger partial charge in [0.15, 0.2) is 23.2 Å². The Balaban J connectivity index is 1.56. The number of anilines is 1. The topological polar surface area (TPSA) is 149 Å². The number of rotatable bonds is 6. The van der Waals surface area contributed by atoms with E-state index in [1.807, 2.05) is 18.2 Å². The maximum Gasteiger partial charge on any atom is 0.320 e. The Morgan fingerprint density at radius 3 is 2.72 bits per heavy atom. The molecule has 1 saturated heterocycles. The number of aromatic nitrogens is 4. The van der Waals surface area contributed by atoms with Gasteiger partial charge in [0.25, 0.3) is 0 Å². The lowest BCUT2D eigenvalue weighted by molar-refractivity contribution is -0.0511. The average Bonchev–Trinajstić information content (AvgIpc) is 3.25. The zero-order valence-corrected chi connectivity index (χ0v) is 16.0. The van der Waals surface area contributed by atoms with E-state index in [2.05, 4.69) is 15.0 Å². The molecule has 1 fully saturated rings. The van der Waals surface area contributed by atoms with E-state index >= 15 is 0 Å². The summed E-state index contributed by atoms with van der Waals surface area (Å²) in [6.07, 6.45) is -2.49. The van der Waals surface area contributed by atoms with Crippen LogP contribution >= 0.6 is 11.6 Å². The molecule has 0 bridgehead atoms. The second kappa shape index (κ2) is 8.09. The van der Waals surface area contributed by atoms with Crippen LogP contribution in [0.4, 0.5) is 5.82 Å². The van der Waals surface area contributed by atoms with Gasteiger partial charge in [-0.2, -0.15) is 9.97 Å². The molecule has 10 nitrogen and oxygen atoms in total. The molecule has 3 heterocycles. The third kappa shape index (κ3) is 3.72. The van der Waals surface area contributed by atoms with Crippen LogP contribution in [0.5, 0.6) is 6.01 Å². The van der Waals surface area contributed by atoms with Crippen molar-refractivity contribution in [2.24, 2.45) is 0 Å². The van der Waals surface area contributed by atoms with Gasteiger partial charge in [0.2, 0.25) is 0 Å². The van der Waals surface area contributed by atoms with Gasteiger partial charge < -0.3 is 30.5 Å². The van der Waals surface area contributed by atoms with E-state index in [0.29, 0.717) is 17.0 Å². The van der Waals surface area contributed by atoms with Crippen molar-refractivity contribution in [1.29, 1.82) is 0 Å². The van der Waals surface area contributed by atoms with Crippen LogP contribution in [0.2, 0.25) is 5.02 Å². The minimum Gasteiger partial charge on any atom is -0.463 e. The quantitative estimate of drug-likeness (QED) is 0.440. The number of nitrogens with zero attached hydrogens (tertiary/aromatic N) is 4. The summed E-state index contributed by atoms with van der Waals surface area (Å²) in [6, 6.07) is 7.48. The Morgan fingerprint density at radius 2 is 2.00 bits per heavy atom. The van der Waals surface area contributed by atoms with Gasteiger partial charge >= 0.3 is 6.01 Å². The predicted molar refractivity (Wildman–Crippen MR) is 103 cm³/mol. The molecule has 1 aliphatic rings. The van der Waals surface area contributed by atoms with Crippen LogP contribution < -0.4 is 10.5 Å². The third-order valence-electron chi connectivity index (χ3n) is 4.78. The molecule has 11 heteroatoms. The lowest BCUT2D eigenvalue weighted by atomic mass is 10.1. The van der Waals surface area contributed by atoms with Crippen molar-refractivity contribution in [3.63, 3.8) is 0 Å². The second-order valence-corrected chi connectivity index (χ2v) is 7.04. The highest BCUT2D eigenvalue weighted by atomic mass is 35.5. The molecule has 4 atom stereocenters. The van der Waals surface area contributed by atoms with Crippen LogP contribution in [-0.2, 0) is 11.2 Å². The molecule has 29 heavy (non-hydrogen) atoms. The third-order valence-corrected chi connectivity index (χ3v) is 5.15. The van der Waals surface area contributed by atoms with Crippen LogP contribution in [0.1, 0.15) is 11.8 Å². The van der Waals surface area contributed by atoms with Crippen molar-refractivity contribution >= 4 is 28.6 Å². The lowest BCUT2D eigenvalue weighted by Crippen LogP contribution is -2.33.